The van der Waals surface area contributed by atoms with Crippen LogP contribution in [-0.2, 0) is 17.8 Å². The van der Waals surface area contributed by atoms with Gasteiger partial charge in [0.15, 0.2) is 0 Å². The van der Waals surface area contributed by atoms with Crippen LogP contribution < -0.4 is 20.3 Å². The van der Waals surface area contributed by atoms with Crippen LogP contribution in [0, 0.1) is 0 Å². The number of carbonyl (C=O) groups excluding carboxylic acids is 1. The van der Waals surface area contributed by atoms with Crippen molar-refractivity contribution in [2.45, 2.75) is 25.9 Å². The molecular formula is C25H25N3O4S. The lowest BCUT2D eigenvalue weighted by atomic mass is 9.98. The van der Waals surface area contributed by atoms with Crippen LogP contribution in [0.4, 0.5) is 0 Å². The number of thiophene rings is 1. The number of carbonyl (C=O) groups is 1. The van der Waals surface area contributed by atoms with Gasteiger partial charge in [-0.3, -0.25) is 14.2 Å². The average molecular weight is 464 g/mol. The second kappa shape index (κ2) is 9.87. The second-order valence-electron chi connectivity index (χ2n) is 7.51. The van der Waals surface area contributed by atoms with Crippen molar-refractivity contribution in [1.82, 2.24) is 14.9 Å². The number of aromatic nitrogens is 2. The van der Waals surface area contributed by atoms with Crippen LogP contribution in [0.25, 0.3) is 10.2 Å². The fourth-order valence-electron chi connectivity index (χ4n) is 3.61. The highest BCUT2D eigenvalue weighted by atomic mass is 32.1. The third-order valence-electron chi connectivity index (χ3n) is 5.44. The van der Waals surface area contributed by atoms with Crippen molar-refractivity contribution in [3.63, 3.8) is 0 Å². The Morgan fingerprint density at radius 1 is 1.03 bits per heavy atom. The lowest BCUT2D eigenvalue weighted by molar-refractivity contribution is -0.122. The highest BCUT2D eigenvalue weighted by molar-refractivity contribution is 7.18. The number of amides is 1. The number of aryl methyl sites for hydroxylation is 1. The zero-order valence-electron chi connectivity index (χ0n) is 18.7. The van der Waals surface area contributed by atoms with Gasteiger partial charge >= 0.3 is 0 Å². The molecule has 0 radical (unpaired) electrons. The number of ether oxygens (including phenoxy) is 2. The topological polar surface area (TPSA) is 82.5 Å². The summed E-state index contributed by atoms with van der Waals surface area (Å²) in [5, 5.41) is 3.61. The number of methoxy groups -OCH3 is 2. The predicted octanol–water partition coefficient (Wildman–Crippen LogP) is 3.94. The van der Waals surface area contributed by atoms with Gasteiger partial charge < -0.3 is 14.8 Å². The lowest BCUT2D eigenvalue weighted by Gasteiger charge is -2.21. The first-order valence-electron chi connectivity index (χ1n) is 10.6. The van der Waals surface area contributed by atoms with Crippen molar-refractivity contribution in [3.8, 4) is 11.5 Å². The van der Waals surface area contributed by atoms with Gasteiger partial charge in [-0.2, -0.15) is 0 Å². The predicted molar refractivity (Wildman–Crippen MR) is 129 cm³/mol. The third kappa shape index (κ3) is 4.90. The minimum Gasteiger partial charge on any atom is -0.497 e. The van der Waals surface area contributed by atoms with E-state index in [1.165, 1.54) is 22.2 Å². The summed E-state index contributed by atoms with van der Waals surface area (Å²) in [6, 6.07) is 16.5. The Kier molecular flexibility index (Phi) is 6.74. The van der Waals surface area contributed by atoms with Crippen LogP contribution in [0.15, 0.2) is 65.7 Å². The van der Waals surface area contributed by atoms with Crippen LogP contribution in [0.1, 0.15) is 29.0 Å². The molecule has 7 nitrogen and oxygen atoms in total. The minimum absolute atomic E-state index is 0.123. The molecule has 0 fully saturated rings. The average Bonchev–Trinajstić information content (AvgIpc) is 3.29. The Labute approximate surface area is 195 Å². The standard InChI is InChI=1S/C25H25N3O4S/c1-4-20-13-21-24(33-20)26-15-28(25(21)30)14-22(29)27-23(16-5-9-18(31-2)10-6-16)17-7-11-19(32-3)12-8-17/h5-13,15,23H,4,14H2,1-3H3,(H,27,29). The molecule has 2 aromatic heterocycles. The molecule has 1 N–H and O–H groups in total. The SMILES string of the molecule is CCc1cc2c(=O)n(CC(=O)NC(c3ccc(OC)cc3)c3ccc(OC)cc3)cnc2s1. The molecular weight excluding hydrogens is 438 g/mol. The summed E-state index contributed by atoms with van der Waals surface area (Å²) in [5.41, 5.74) is 1.57. The van der Waals surface area contributed by atoms with Crippen LogP contribution in [0.5, 0.6) is 11.5 Å². The van der Waals surface area contributed by atoms with E-state index >= 15 is 0 Å². The van der Waals surface area contributed by atoms with Crippen molar-refractivity contribution in [1.29, 1.82) is 0 Å². The van der Waals surface area contributed by atoms with Crippen molar-refractivity contribution in [2.75, 3.05) is 14.2 Å². The summed E-state index contributed by atoms with van der Waals surface area (Å²) in [6.45, 7) is 1.91. The molecule has 0 bridgehead atoms. The highest BCUT2D eigenvalue weighted by Crippen LogP contribution is 2.26. The molecule has 0 unspecified atom stereocenters. The fourth-order valence-corrected chi connectivity index (χ4v) is 4.54. The van der Waals surface area contributed by atoms with Gasteiger partial charge in [-0.15, -0.1) is 11.3 Å². The smallest absolute Gasteiger partial charge is 0.262 e. The van der Waals surface area contributed by atoms with Gasteiger partial charge in [0.05, 0.1) is 32.0 Å². The summed E-state index contributed by atoms with van der Waals surface area (Å²) in [5.74, 6) is 1.17. The van der Waals surface area contributed by atoms with E-state index in [4.69, 9.17) is 9.47 Å². The largest absolute Gasteiger partial charge is 0.497 e. The van der Waals surface area contributed by atoms with Gasteiger partial charge in [-0.1, -0.05) is 31.2 Å². The van der Waals surface area contributed by atoms with Crippen molar-refractivity contribution >= 4 is 27.5 Å². The van der Waals surface area contributed by atoms with E-state index in [2.05, 4.69) is 10.3 Å². The summed E-state index contributed by atoms with van der Waals surface area (Å²) in [4.78, 5) is 32.1. The molecule has 0 aliphatic carbocycles. The number of rotatable bonds is 8. The first-order valence-corrected chi connectivity index (χ1v) is 11.4. The Hall–Kier alpha value is -3.65. The Morgan fingerprint density at radius 2 is 1.61 bits per heavy atom. The number of fused-ring (bicyclic) bond motifs is 1. The molecule has 0 saturated carbocycles. The van der Waals surface area contributed by atoms with E-state index in [0.29, 0.717) is 10.2 Å². The highest BCUT2D eigenvalue weighted by Gasteiger charge is 2.19. The molecule has 0 spiro atoms. The molecule has 8 heteroatoms. The van der Waals surface area contributed by atoms with E-state index < -0.39 is 6.04 Å². The van der Waals surface area contributed by atoms with Crippen LogP contribution >= 0.6 is 11.3 Å². The van der Waals surface area contributed by atoms with E-state index in [-0.39, 0.29) is 18.0 Å². The lowest BCUT2D eigenvalue weighted by Crippen LogP contribution is -2.35. The van der Waals surface area contributed by atoms with Gasteiger partial charge in [-0.25, -0.2) is 4.98 Å². The maximum Gasteiger partial charge on any atom is 0.262 e. The van der Waals surface area contributed by atoms with E-state index in [9.17, 15) is 9.59 Å². The van der Waals surface area contributed by atoms with E-state index in [1.54, 1.807) is 14.2 Å². The Morgan fingerprint density at radius 3 is 2.12 bits per heavy atom. The van der Waals surface area contributed by atoms with Crippen molar-refractivity contribution in [3.05, 3.63) is 87.3 Å². The quantitative estimate of drug-likeness (QED) is 0.428. The molecule has 2 aromatic carbocycles. The Bertz CT molecular complexity index is 1260. The van der Waals surface area contributed by atoms with Gasteiger partial charge in [-0.05, 0) is 47.9 Å². The maximum atomic E-state index is 13.0. The molecule has 1 amide bonds. The zero-order valence-corrected chi connectivity index (χ0v) is 19.5. The van der Waals surface area contributed by atoms with Gasteiger partial charge in [0, 0.05) is 4.88 Å². The number of nitrogens with zero attached hydrogens (tertiary/aromatic N) is 2. The van der Waals surface area contributed by atoms with E-state index in [1.807, 2.05) is 61.5 Å². The van der Waals surface area contributed by atoms with Crippen LogP contribution in [0.2, 0.25) is 0 Å². The van der Waals surface area contributed by atoms with Gasteiger partial charge in [0.2, 0.25) is 5.91 Å². The number of nitrogens with one attached hydrogen (secondary N) is 1. The molecule has 2 heterocycles. The molecule has 0 aliphatic rings. The molecule has 0 atom stereocenters. The summed E-state index contributed by atoms with van der Waals surface area (Å²) in [6.07, 6.45) is 2.28. The summed E-state index contributed by atoms with van der Waals surface area (Å²) >= 11 is 1.50. The third-order valence-corrected chi connectivity index (χ3v) is 6.62. The van der Waals surface area contributed by atoms with Gasteiger partial charge in [0.1, 0.15) is 22.9 Å². The minimum atomic E-state index is -0.408. The number of hydrogen-bond donors (Lipinski definition) is 1. The summed E-state index contributed by atoms with van der Waals surface area (Å²) < 4.78 is 11.9. The van der Waals surface area contributed by atoms with Crippen molar-refractivity contribution < 1.29 is 14.3 Å². The first-order chi connectivity index (χ1) is 16.0. The molecule has 0 aliphatic heterocycles. The molecule has 0 saturated heterocycles. The summed E-state index contributed by atoms with van der Waals surface area (Å²) in [7, 11) is 3.22. The second-order valence-corrected chi connectivity index (χ2v) is 8.62. The van der Waals surface area contributed by atoms with E-state index in [0.717, 1.165) is 33.9 Å². The molecule has 4 rings (SSSR count). The monoisotopic (exact) mass is 463 g/mol. The molecule has 4 aromatic rings. The fraction of sp³-hybridized carbons (Fsp3) is 0.240. The van der Waals surface area contributed by atoms with Crippen LogP contribution in [0.3, 0.4) is 0 Å². The number of hydrogen-bond acceptors (Lipinski definition) is 6. The first kappa shape index (κ1) is 22.5. The van der Waals surface area contributed by atoms with Crippen LogP contribution in [-0.4, -0.2) is 29.7 Å². The normalized spacial score (nSPS) is 11.0. The molecule has 33 heavy (non-hydrogen) atoms. The Balaban J connectivity index is 1.61. The van der Waals surface area contributed by atoms with Crippen molar-refractivity contribution in [2.24, 2.45) is 0 Å². The number of benzene rings is 2. The van der Waals surface area contributed by atoms with Gasteiger partial charge in [0.25, 0.3) is 5.56 Å². The zero-order chi connectivity index (χ0) is 23.4. The maximum absolute atomic E-state index is 13.0. The molecule has 170 valence electrons.